The van der Waals surface area contributed by atoms with Gasteiger partial charge in [-0.05, 0) is 17.7 Å². The van der Waals surface area contributed by atoms with Crippen LogP contribution in [0.5, 0.6) is 0 Å². The van der Waals surface area contributed by atoms with Gasteiger partial charge in [0.1, 0.15) is 5.25 Å². The van der Waals surface area contributed by atoms with E-state index in [1.54, 1.807) is 34.6 Å². The fraction of sp³-hybridized carbons (Fsp3) is 0.529. The third kappa shape index (κ3) is 3.94. The minimum absolute atomic E-state index is 0.106. The highest BCUT2D eigenvalue weighted by Crippen LogP contribution is 2.39. The molecule has 2 atom stereocenters. The Hall–Kier alpha value is -0.670. The van der Waals surface area contributed by atoms with Crippen LogP contribution in [0.25, 0.3) is 0 Å². The van der Waals surface area contributed by atoms with Crippen molar-refractivity contribution < 1.29 is 13.3 Å². The fourth-order valence-electron chi connectivity index (χ4n) is 3.52. The van der Waals surface area contributed by atoms with Crippen LogP contribution in [0.4, 0.5) is 0 Å². The first-order valence-electron chi connectivity index (χ1n) is 8.47. The first kappa shape index (κ1) is 20.1. The largest absolute Gasteiger partial charge is 0.297 e. The minimum Gasteiger partial charge on any atom is -0.297 e. The molecule has 2 saturated heterocycles. The Bertz CT molecular complexity index is 767. The fourth-order valence-corrected chi connectivity index (χ4v) is 5.98. The third-order valence-electron chi connectivity index (χ3n) is 4.93. The van der Waals surface area contributed by atoms with E-state index in [-0.39, 0.29) is 6.61 Å². The zero-order valence-electron chi connectivity index (χ0n) is 14.6. The maximum Gasteiger partial charge on any atom is 0.221 e. The standard InChI is InChI=1S/C17H23Cl2N3O3S/c1-3-6-21-7-9-22(10-8-21)26(23,24)16-12-25-20(2)17(16)14-5-4-13(18)11-15(14)19/h3-5,11,16-17H,1,6-10,12H2,2H3. The van der Waals surface area contributed by atoms with Gasteiger partial charge in [-0.3, -0.25) is 9.74 Å². The number of nitrogens with zero attached hydrogens (tertiary/aromatic N) is 3. The van der Waals surface area contributed by atoms with Crippen LogP contribution in [0, 0.1) is 0 Å². The molecule has 0 aromatic heterocycles. The van der Waals surface area contributed by atoms with Gasteiger partial charge in [0.2, 0.25) is 10.0 Å². The predicted molar refractivity (Wildman–Crippen MR) is 104 cm³/mol. The predicted octanol–water partition coefficient (Wildman–Crippen LogP) is 2.41. The second kappa shape index (κ2) is 8.14. The summed E-state index contributed by atoms with van der Waals surface area (Å²) in [6, 6.07) is 4.64. The molecule has 0 spiro atoms. The number of piperazine rings is 1. The van der Waals surface area contributed by atoms with Crippen molar-refractivity contribution in [1.29, 1.82) is 0 Å². The van der Waals surface area contributed by atoms with Gasteiger partial charge in [0, 0.05) is 49.8 Å². The number of rotatable bonds is 5. The lowest BCUT2D eigenvalue weighted by Crippen LogP contribution is -2.52. The average Bonchev–Trinajstić information content (AvgIpc) is 2.98. The number of sulfonamides is 1. The Labute approximate surface area is 164 Å². The monoisotopic (exact) mass is 419 g/mol. The Morgan fingerprint density at radius 3 is 2.58 bits per heavy atom. The summed E-state index contributed by atoms with van der Waals surface area (Å²) in [7, 11) is -1.81. The van der Waals surface area contributed by atoms with Crippen molar-refractivity contribution >= 4 is 33.2 Å². The molecule has 0 saturated carbocycles. The van der Waals surface area contributed by atoms with Crippen LogP contribution in [-0.4, -0.2) is 74.3 Å². The summed E-state index contributed by atoms with van der Waals surface area (Å²) in [5.74, 6) is 0. The molecule has 0 aliphatic carbocycles. The van der Waals surface area contributed by atoms with Crippen molar-refractivity contribution in [1.82, 2.24) is 14.3 Å². The molecule has 2 aliphatic heterocycles. The molecule has 2 aliphatic rings. The van der Waals surface area contributed by atoms with E-state index in [2.05, 4.69) is 11.5 Å². The second-order valence-corrected chi connectivity index (χ2v) is 9.52. The van der Waals surface area contributed by atoms with Gasteiger partial charge in [0.05, 0.1) is 12.6 Å². The summed E-state index contributed by atoms with van der Waals surface area (Å²) in [5.41, 5.74) is 0.704. The van der Waals surface area contributed by atoms with Crippen LogP contribution < -0.4 is 0 Å². The van der Waals surface area contributed by atoms with E-state index >= 15 is 0 Å². The molecule has 2 heterocycles. The van der Waals surface area contributed by atoms with Crippen molar-refractivity contribution in [2.45, 2.75) is 11.3 Å². The maximum atomic E-state index is 13.3. The highest BCUT2D eigenvalue weighted by atomic mass is 35.5. The molecule has 3 rings (SSSR count). The van der Waals surface area contributed by atoms with Gasteiger partial charge in [-0.2, -0.15) is 9.37 Å². The molecule has 0 bridgehead atoms. The molecule has 6 nitrogen and oxygen atoms in total. The van der Waals surface area contributed by atoms with Gasteiger partial charge in [0.15, 0.2) is 0 Å². The molecule has 26 heavy (non-hydrogen) atoms. The Balaban J connectivity index is 1.83. The van der Waals surface area contributed by atoms with Gasteiger partial charge in [-0.1, -0.05) is 35.3 Å². The number of hydrogen-bond acceptors (Lipinski definition) is 5. The van der Waals surface area contributed by atoms with Crippen molar-refractivity contribution in [2.24, 2.45) is 0 Å². The van der Waals surface area contributed by atoms with E-state index in [1.807, 2.05) is 6.08 Å². The van der Waals surface area contributed by atoms with Gasteiger partial charge < -0.3 is 0 Å². The van der Waals surface area contributed by atoms with Gasteiger partial charge in [0.25, 0.3) is 0 Å². The van der Waals surface area contributed by atoms with E-state index in [1.165, 1.54) is 0 Å². The third-order valence-corrected chi connectivity index (χ3v) is 7.73. The maximum absolute atomic E-state index is 13.3. The molecule has 9 heteroatoms. The first-order chi connectivity index (χ1) is 12.3. The summed E-state index contributed by atoms with van der Waals surface area (Å²) in [4.78, 5) is 7.75. The molecule has 2 fully saturated rings. The molecule has 0 N–H and O–H groups in total. The molecule has 1 aromatic rings. The lowest BCUT2D eigenvalue weighted by molar-refractivity contribution is -0.110. The van der Waals surface area contributed by atoms with Crippen LogP contribution in [0.15, 0.2) is 30.9 Å². The summed E-state index contributed by atoms with van der Waals surface area (Å²) < 4.78 is 28.1. The highest BCUT2D eigenvalue weighted by molar-refractivity contribution is 7.89. The van der Waals surface area contributed by atoms with Crippen LogP contribution in [0.1, 0.15) is 11.6 Å². The SMILES string of the molecule is C=CCN1CCN(S(=O)(=O)C2CON(C)C2c2ccc(Cl)cc2Cl)CC1. The van der Waals surface area contributed by atoms with E-state index in [0.717, 1.165) is 6.54 Å². The van der Waals surface area contributed by atoms with Crippen LogP contribution >= 0.6 is 23.2 Å². The zero-order valence-corrected chi connectivity index (χ0v) is 17.0. The molecular formula is C17H23Cl2N3O3S. The normalized spacial score (nSPS) is 26.3. The molecule has 144 valence electrons. The average molecular weight is 420 g/mol. The van der Waals surface area contributed by atoms with Gasteiger partial charge in [-0.15, -0.1) is 6.58 Å². The minimum atomic E-state index is -3.53. The van der Waals surface area contributed by atoms with Gasteiger partial charge in [-0.25, -0.2) is 8.42 Å². The number of hydroxylamine groups is 2. The van der Waals surface area contributed by atoms with E-state index < -0.39 is 21.3 Å². The zero-order chi connectivity index (χ0) is 18.9. The van der Waals surface area contributed by atoms with Gasteiger partial charge >= 0.3 is 0 Å². The van der Waals surface area contributed by atoms with E-state index in [4.69, 9.17) is 28.0 Å². The summed E-state index contributed by atoms with van der Waals surface area (Å²) >= 11 is 12.3. The molecule has 1 aromatic carbocycles. The van der Waals surface area contributed by atoms with E-state index in [9.17, 15) is 8.42 Å². The van der Waals surface area contributed by atoms with E-state index in [0.29, 0.717) is 41.8 Å². The smallest absolute Gasteiger partial charge is 0.221 e. The van der Waals surface area contributed by atoms with Crippen molar-refractivity contribution in [3.8, 4) is 0 Å². The Morgan fingerprint density at radius 2 is 1.96 bits per heavy atom. The Kier molecular flexibility index (Phi) is 6.29. The Morgan fingerprint density at radius 1 is 1.27 bits per heavy atom. The summed E-state index contributed by atoms with van der Waals surface area (Å²) in [6.07, 6.45) is 1.84. The quantitative estimate of drug-likeness (QED) is 0.685. The van der Waals surface area contributed by atoms with Crippen LogP contribution in [-0.2, 0) is 14.9 Å². The topological polar surface area (TPSA) is 53.1 Å². The lowest BCUT2D eigenvalue weighted by atomic mass is 10.0. The molecular weight excluding hydrogens is 397 g/mol. The van der Waals surface area contributed by atoms with Crippen LogP contribution in [0.3, 0.4) is 0 Å². The van der Waals surface area contributed by atoms with Crippen molar-refractivity contribution in [2.75, 3.05) is 46.4 Å². The van der Waals surface area contributed by atoms with Crippen molar-refractivity contribution in [3.63, 3.8) is 0 Å². The number of hydrogen-bond donors (Lipinski definition) is 0. The van der Waals surface area contributed by atoms with Crippen molar-refractivity contribution in [3.05, 3.63) is 46.5 Å². The first-order valence-corrected chi connectivity index (χ1v) is 10.7. The molecule has 2 unspecified atom stereocenters. The molecule has 0 amide bonds. The molecule has 0 radical (unpaired) electrons. The van der Waals surface area contributed by atoms with Crippen LogP contribution in [0.2, 0.25) is 10.0 Å². The lowest BCUT2D eigenvalue weighted by Gasteiger charge is -2.35. The summed E-state index contributed by atoms with van der Waals surface area (Å²) in [5, 5.41) is 1.82. The number of halogens is 2. The second-order valence-electron chi connectivity index (χ2n) is 6.52. The summed E-state index contributed by atoms with van der Waals surface area (Å²) in [6.45, 7) is 6.94. The highest BCUT2D eigenvalue weighted by Gasteiger charge is 2.46. The number of benzene rings is 1.